The average Bonchev–Trinajstić information content (AvgIpc) is 2.51. The first kappa shape index (κ1) is 16.7. The van der Waals surface area contributed by atoms with Gasteiger partial charge in [0.25, 0.3) is 5.91 Å². The molecule has 1 amide bonds. The summed E-state index contributed by atoms with van der Waals surface area (Å²) in [5.41, 5.74) is 0.802. The standard InChI is InChI=1S/C15H19NO5/c1-19-9-8-16-14(17)11-21-15(18)7-6-12-4-3-5-13(10-12)20-2/h3-7,10H,8-9,11H2,1-2H3,(H,16,17)/b7-6+. The van der Waals surface area contributed by atoms with E-state index in [0.29, 0.717) is 18.9 Å². The molecule has 6 heteroatoms. The third kappa shape index (κ3) is 7.12. The number of benzene rings is 1. The smallest absolute Gasteiger partial charge is 0.331 e. The van der Waals surface area contributed by atoms with E-state index in [0.717, 1.165) is 5.56 Å². The zero-order valence-electron chi connectivity index (χ0n) is 12.1. The molecular formula is C15H19NO5. The number of ether oxygens (including phenoxy) is 3. The van der Waals surface area contributed by atoms with Gasteiger partial charge in [0.05, 0.1) is 13.7 Å². The Balaban J connectivity index is 2.35. The van der Waals surface area contributed by atoms with E-state index in [1.807, 2.05) is 12.1 Å². The Labute approximate surface area is 123 Å². The van der Waals surface area contributed by atoms with Gasteiger partial charge in [-0.2, -0.15) is 0 Å². The van der Waals surface area contributed by atoms with Gasteiger partial charge in [0, 0.05) is 19.7 Å². The van der Waals surface area contributed by atoms with E-state index in [1.165, 1.54) is 13.2 Å². The van der Waals surface area contributed by atoms with Gasteiger partial charge in [-0.25, -0.2) is 4.79 Å². The average molecular weight is 293 g/mol. The minimum absolute atomic E-state index is 0.314. The van der Waals surface area contributed by atoms with Crippen LogP contribution in [-0.2, 0) is 19.1 Å². The van der Waals surface area contributed by atoms with E-state index in [1.54, 1.807) is 25.3 Å². The van der Waals surface area contributed by atoms with Crippen LogP contribution in [0.2, 0.25) is 0 Å². The molecule has 0 aliphatic carbocycles. The highest BCUT2D eigenvalue weighted by molar-refractivity contribution is 5.89. The summed E-state index contributed by atoms with van der Waals surface area (Å²) < 4.78 is 14.7. The van der Waals surface area contributed by atoms with Crippen molar-refractivity contribution in [3.63, 3.8) is 0 Å². The molecule has 0 bridgehead atoms. The lowest BCUT2D eigenvalue weighted by molar-refractivity contribution is -0.143. The van der Waals surface area contributed by atoms with Gasteiger partial charge in [0.2, 0.25) is 0 Å². The summed E-state index contributed by atoms with van der Waals surface area (Å²) in [5.74, 6) is -0.252. The van der Waals surface area contributed by atoms with Crippen molar-refractivity contribution in [3.8, 4) is 5.75 Å². The second-order valence-corrected chi connectivity index (χ2v) is 4.06. The highest BCUT2D eigenvalue weighted by atomic mass is 16.5. The molecule has 6 nitrogen and oxygen atoms in total. The van der Waals surface area contributed by atoms with Crippen LogP contribution in [0.4, 0.5) is 0 Å². The Hall–Kier alpha value is -2.34. The molecule has 0 unspecified atom stereocenters. The molecule has 0 atom stereocenters. The summed E-state index contributed by atoms with van der Waals surface area (Å²) >= 11 is 0. The molecule has 1 N–H and O–H groups in total. The molecule has 1 aromatic rings. The number of hydrogen-bond donors (Lipinski definition) is 1. The Morgan fingerprint density at radius 1 is 1.29 bits per heavy atom. The number of rotatable bonds is 8. The third-order valence-corrected chi connectivity index (χ3v) is 2.48. The molecule has 0 aliphatic heterocycles. The summed E-state index contributed by atoms with van der Waals surface area (Å²) in [6, 6.07) is 7.22. The van der Waals surface area contributed by atoms with Crippen LogP contribution in [0, 0.1) is 0 Å². The van der Waals surface area contributed by atoms with Crippen molar-refractivity contribution in [2.24, 2.45) is 0 Å². The summed E-state index contributed by atoms with van der Waals surface area (Å²) in [6.07, 6.45) is 2.85. The van der Waals surface area contributed by atoms with Crippen LogP contribution < -0.4 is 10.1 Å². The maximum Gasteiger partial charge on any atom is 0.331 e. The Kier molecular flexibility index (Phi) is 7.60. The fourth-order valence-corrected chi connectivity index (χ4v) is 1.44. The van der Waals surface area contributed by atoms with E-state index in [-0.39, 0.29) is 12.5 Å². The van der Waals surface area contributed by atoms with Crippen LogP contribution in [0.25, 0.3) is 6.08 Å². The molecule has 0 fully saturated rings. The molecule has 21 heavy (non-hydrogen) atoms. The quantitative estimate of drug-likeness (QED) is 0.440. The highest BCUT2D eigenvalue weighted by Crippen LogP contribution is 2.13. The minimum atomic E-state index is -0.584. The summed E-state index contributed by atoms with van der Waals surface area (Å²) in [7, 11) is 3.11. The van der Waals surface area contributed by atoms with Crippen molar-refractivity contribution in [3.05, 3.63) is 35.9 Å². The fourth-order valence-electron chi connectivity index (χ4n) is 1.44. The van der Waals surface area contributed by atoms with Gasteiger partial charge < -0.3 is 19.5 Å². The van der Waals surface area contributed by atoms with Gasteiger partial charge in [-0.05, 0) is 23.8 Å². The highest BCUT2D eigenvalue weighted by Gasteiger charge is 2.04. The molecular weight excluding hydrogens is 274 g/mol. The number of carbonyl (C=O) groups is 2. The maximum atomic E-state index is 11.5. The molecule has 0 aliphatic rings. The Bertz CT molecular complexity index is 499. The number of esters is 1. The Morgan fingerprint density at radius 2 is 2.10 bits per heavy atom. The van der Waals surface area contributed by atoms with Crippen LogP contribution in [0.5, 0.6) is 5.75 Å². The van der Waals surface area contributed by atoms with Gasteiger partial charge in [-0.15, -0.1) is 0 Å². The number of carbonyl (C=O) groups excluding carboxylic acids is 2. The number of methoxy groups -OCH3 is 2. The fraction of sp³-hybridized carbons (Fsp3) is 0.333. The first-order valence-electron chi connectivity index (χ1n) is 6.40. The summed E-state index contributed by atoms with van der Waals surface area (Å²) in [4.78, 5) is 22.8. The molecule has 0 spiro atoms. The van der Waals surface area contributed by atoms with Crippen LogP contribution in [0.15, 0.2) is 30.3 Å². The van der Waals surface area contributed by atoms with Crippen molar-refractivity contribution in [2.45, 2.75) is 0 Å². The van der Waals surface area contributed by atoms with E-state index >= 15 is 0 Å². The molecule has 1 aromatic carbocycles. The van der Waals surface area contributed by atoms with Crippen molar-refractivity contribution in [1.82, 2.24) is 5.32 Å². The van der Waals surface area contributed by atoms with Gasteiger partial charge in [-0.1, -0.05) is 12.1 Å². The van der Waals surface area contributed by atoms with E-state index in [2.05, 4.69) is 5.32 Å². The van der Waals surface area contributed by atoms with Crippen LogP contribution >= 0.6 is 0 Å². The topological polar surface area (TPSA) is 73.9 Å². The maximum absolute atomic E-state index is 11.5. The predicted octanol–water partition coefficient (Wildman–Crippen LogP) is 1.01. The molecule has 1 rings (SSSR count). The minimum Gasteiger partial charge on any atom is -0.497 e. The third-order valence-electron chi connectivity index (χ3n) is 2.48. The van der Waals surface area contributed by atoms with Crippen molar-refractivity contribution in [1.29, 1.82) is 0 Å². The predicted molar refractivity (Wildman–Crippen MR) is 77.9 cm³/mol. The largest absolute Gasteiger partial charge is 0.497 e. The molecule has 114 valence electrons. The Morgan fingerprint density at radius 3 is 2.81 bits per heavy atom. The first-order chi connectivity index (χ1) is 10.2. The molecule has 0 saturated carbocycles. The van der Waals surface area contributed by atoms with Gasteiger partial charge in [-0.3, -0.25) is 4.79 Å². The monoisotopic (exact) mass is 293 g/mol. The van der Waals surface area contributed by atoms with E-state index < -0.39 is 5.97 Å². The number of nitrogens with one attached hydrogen (secondary N) is 1. The summed E-state index contributed by atoms with van der Waals surface area (Å²) in [6.45, 7) is 0.479. The lowest BCUT2D eigenvalue weighted by atomic mass is 10.2. The van der Waals surface area contributed by atoms with Crippen molar-refractivity contribution < 1.29 is 23.8 Å². The van der Waals surface area contributed by atoms with Gasteiger partial charge in [0.15, 0.2) is 6.61 Å². The van der Waals surface area contributed by atoms with Crippen molar-refractivity contribution >= 4 is 18.0 Å². The van der Waals surface area contributed by atoms with Crippen molar-refractivity contribution in [2.75, 3.05) is 34.0 Å². The second-order valence-electron chi connectivity index (χ2n) is 4.06. The number of amides is 1. The van der Waals surface area contributed by atoms with Crippen LogP contribution in [0.3, 0.4) is 0 Å². The lowest BCUT2D eigenvalue weighted by Crippen LogP contribution is -2.31. The first-order valence-corrected chi connectivity index (χ1v) is 6.40. The van der Waals surface area contributed by atoms with Crippen LogP contribution in [-0.4, -0.2) is 45.9 Å². The van der Waals surface area contributed by atoms with Gasteiger partial charge >= 0.3 is 5.97 Å². The van der Waals surface area contributed by atoms with Crippen LogP contribution in [0.1, 0.15) is 5.56 Å². The zero-order chi connectivity index (χ0) is 15.5. The van der Waals surface area contributed by atoms with Gasteiger partial charge in [0.1, 0.15) is 5.75 Å². The molecule has 0 radical (unpaired) electrons. The zero-order valence-corrected chi connectivity index (χ0v) is 12.1. The normalized spacial score (nSPS) is 10.4. The van der Waals surface area contributed by atoms with E-state index in [4.69, 9.17) is 14.2 Å². The molecule has 0 aromatic heterocycles. The SMILES string of the molecule is COCCNC(=O)COC(=O)/C=C/c1cccc(OC)c1. The summed E-state index contributed by atoms with van der Waals surface area (Å²) in [5, 5.41) is 2.55. The molecule has 0 saturated heterocycles. The van der Waals surface area contributed by atoms with E-state index in [9.17, 15) is 9.59 Å². The molecule has 0 heterocycles. The second kappa shape index (κ2) is 9.55. The lowest BCUT2D eigenvalue weighted by Gasteiger charge is -2.04. The number of hydrogen-bond acceptors (Lipinski definition) is 5.